The molecule has 0 bridgehead atoms. The second-order valence-corrected chi connectivity index (χ2v) is 13.9. The first-order chi connectivity index (χ1) is 22.1. The molecule has 1 atom stereocenters. The number of amides is 2. The number of nitrogens with one attached hydrogen (secondary N) is 1. The fourth-order valence-electron chi connectivity index (χ4n) is 5.61. The van der Waals surface area contributed by atoms with E-state index in [1.807, 2.05) is 30.3 Å². The van der Waals surface area contributed by atoms with Crippen LogP contribution in [0, 0.1) is 5.82 Å². The minimum absolute atomic E-state index is 0.00706. The van der Waals surface area contributed by atoms with Gasteiger partial charge in [-0.25, -0.2) is 12.8 Å². The molecule has 0 aromatic heterocycles. The van der Waals surface area contributed by atoms with E-state index in [-0.39, 0.29) is 40.5 Å². The number of rotatable bonds is 12. The van der Waals surface area contributed by atoms with E-state index in [0.717, 1.165) is 59.8 Å². The third kappa shape index (κ3) is 8.26. The molecule has 1 saturated carbocycles. The number of para-hydroxylation sites is 1. The van der Waals surface area contributed by atoms with Gasteiger partial charge in [0, 0.05) is 19.0 Å². The molecule has 0 saturated heterocycles. The van der Waals surface area contributed by atoms with Crippen LogP contribution in [-0.4, -0.2) is 43.8 Å². The van der Waals surface area contributed by atoms with Crippen LogP contribution in [0.5, 0.6) is 0 Å². The smallest absolute Gasteiger partial charge is 0.264 e. The zero-order chi connectivity index (χ0) is 32.7. The average molecular weight is 683 g/mol. The van der Waals surface area contributed by atoms with Crippen LogP contribution >= 0.6 is 23.2 Å². The lowest BCUT2D eigenvalue weighted by atomic mass is 10.0. The van der Waals surface area contributed by atoms with Crippen molar-refractivity contribution in [2.24, 2.45) is 0 Å². The Hall–Kier alpha value is -3.92. The molecule has 240 valence electrons. The predicted octanol–water partition coefficient (Wildman–Crippen LogP) is 7.03. The van der Waals surface area contributed by atoms with Gasteiger partial charge in [-0.15, -0.1) is 0 Å². The Bertz CT molecular complexity index is 1750. The average Bonchev–Trinajstić information content (AvgIpc) is 3.57. The van der Waals surface area contributed by atoms with Gasteiger partial charge in [0.1, 0.15) is 18.4 Å². The topological polar surface area (TPSA) is 86.8 Å². The van der Waals surface area contributed by atoms with Gasteiger partial charge >= 0.3 is 0 Å². The first-order valence-corrected chi connectivity index (χ1v) is 17.2. The number of halogens is 3. The summed E-state index contributed by atoms with van der Waals surface area (Å²) in [7, 11) is -4.33. The highest BCUT2D eigenvalue weighted by atomic mass is 35.5. The molecule has 11 heteroatoms. The first-order valence-electron chi connectivity index (χ1n) is 15.0. The summed E-state index contributed by atoms with van der Waals surface area (Å²) < 4.78 is 42.7. The predicted molar refractivity (Wildman–Crippen MR) is 179 cm³/mol. The van der Waals surface area contributed by atoms with Gasteiger partial charge in [0.05, 0.1) is 20.6 Å². The molecule has 0 unspecified atom stereocenters. The van der Waals surface area contributed by atoms with Crippen LogP contribution < -0.4 is 9.62 Å². The Morgan fingerprint density at radius 2 is 1.46 bits per heavy atom. The molecule has 5 rings (SSSR count). The summed E-state index contributed by atoms with van der Waals surface area (Å²) in [4.78, 5) is 29.8. The maximum atomic E-state index is 14.5. The molecule has 46 heavy (non-hydrogen) atoms. The molecule has 4 aromatic rings. The van der Waals surface area contributed by atoms with Crippen molar-refractivity contribution < 1.29 is 22.4 Å². The monoisotopic (exact) mass is 681 g/mol. The Morgan fingerprint density at radius 3 is 2.09 bits per heavy atom. The fraction of sp³-hybridized carbons (Fsp3) is 0.257. The van der Waals surface area contributed by atoms with E-state index in [9.17, 15) is 22.4 Å². The van der Waals surface area contributed by atoms with Gasteiger partial charge < -0.3 is 10.2 Å². The Balaban J connectivity index is 1.56. The first kappa shape index (κ1) is 33.4. The van der Waals surface area contributed by atoms with E-state index in [1.165, 1.54) is 4.90 Å². The largest absolute Gasteiger partial charge is 0.352 e. The number of benzene rings is 4. The SMILES string of the molecule is O=C(NC1CCCC1)[C@H](Cc1ccccc1)N(Cc1ccc(Cl)c(Cl)c1)C(=O)CN(c1ccccc1)S(=O)(=O)c1ccc(F)cc1. The summed E-state index contributed by atoms with van der Waals surface area (Å²) >= 11 is 12.5. The van der Waals surface area contributed by atoms with Gasteiger partial charge in [-0.2, -0.15) is 0 Å². The van der Waals surface area contributed by atoms with E-state index in [2.05, 4.69) is 5.32 Å². The number of carbonyl (C=O) groups excluding carboxylic acids is 2. The van der Waals surface area contributed by atoms with Crippen molar-refractivity contribution in [2.75, 3.05) is 10.8 Å². The van der Waals surface area contributed by atoms with E-state index < -0.39 is 34.3 Å². The summed E-state index contributed by atoms with van der Waals surface area (Å²) in [5.74, 6) is -1.52. The number of sulfonamides is 1. The standard InChI is InChI=1S/C35H34Cl2FN3O4S/c36-31-20-15-26(21-32(31)37)23-40(33(22-25-9-3-1-4-10-25)35(43)39-28-11-7-8-12-28)34(42)24-41(29-13-5-2-6-14-29)46(44,45)30-18-16-27(38)17-19-30/h1-6,9-10,13-21,28,33H,7-8,11-12,22-24H2,(H,39,43)/t33-/m0/s1. The summed E-state index contributed by atoms with van der Waals surface area (Å²) in [5, 5.41) is 3.76. The fourth-order valence-corrected chi connectivity index (χ4v) is 7.35. The van der Waals surface area contributed by atoms with Crippen LogP contribution in [0.2, 0.25) is 10.0 Å². The highest BCUT2D eigenvalue weighted by Crippen LogP contribution is 2.27. The number of anilines is 1. The third-order valence-corrected chi connectivity index (χ3v) is 10.6. The maximum Gasteiger partial charge on any atom is 0.264 e. The minimum Gasteiger partial charge on any atom is -0.352 e. The van der Waals surface area contributed by atoms with Crippen molar-refractivity contribution in [3.63, 3.8) is 0 Å². The van der Waals surface area contributed by atoms with E-state index in [4.69, 9.17) is 23.2 Å². The molecule has 0 spiro atoms. The third-order valence-electron chi connectivity index (χ3n) is 8.03. The molecular formula is C35H34Cl2FN3O4S. The number of carbonyl (C=O) groups is 2. The van der Waals surface area contributed by atoms with Crippen LogP contribution in [0.1, 0.15) is 36.8 Å². The van der Waals surface area contributed by atoms with Gasteiger partial charge in [0.2, 0.25) is 11.8 Å². The van der Waals surface area contributed by atoms with Gasteiger partial charge in [-0.3, -0.25) is 13.9 Å². The van der Waals surface area contributed by atoms with Crippen molar-refractivity contribution in [1.29, 1.82) is 0 Å². The van der Waals surface area contributed by atoms with E-state index in [0.29, 0.717) is 10.6 Å². The number of hydrogen-bond acceptors (Lipinski definition) is 4. The maximum absolute atomic E-state index is 14.5. The second kappa shape index (κ2) is 15.1. The van der Waals surface area contributed by atoms with Crippen molar-refractivity contribution in [3.8, 4) is 0 Å². The van der Waals surface area contributed by atoms with Gasteiger partial charge in [0.25, 0.3) is 10.0 Å². The van der Waals surface area contributed by atoms with Gasteiger partial charge in [-0.1, -0.05) is 90.6 Å². The quantitative estimate of drug-likeness (QED) is 0.174. The highest BCUT2D eigenvalue weighted by Gasteiger charge is 2.35. The molecule has 0 aliphatic heterocycles. The molecule has 0 radical (unpaired) electrons. The lowest BCUT2D eigenvalue weighted by Gasteiger charge is -2.34. The molecular weight excluding hydrogens is 648 g/mol. The van der Waals surface area contributed by atoms with Crippen molar-refractivity contribution in [3.05, 3.63) is 130 Å². The lowest BCUT2D eigenvalue weighted by Crippen LogP contribution is -2.54. The van der Waals surface area contributed by atoms with Crippen molar-refractivity contribution in [1.82, 2.24) is 10.2 Å². The summed E-state index contributed by atoms with van der Waals surface area (Å²) in [6.45, 7) is -0.655. The number of hydrogen-bond donors (Lipinski definition) is 1. The normalized spacial score (nSPS) is 14.1. The van der Waals surface area contributed by atoms with Crippen LogP contribution in [0.4, 0.5) is 10.1 Å². The van der Waals surface area contributed by atoms with Crippen molar-refractivity contribution in [2.45, 2.75) is 55.6 Å². The Labute approximate surface area is 279 Å². The summed E-state index contributed by atoms with van der Waals surface area (Å²) in [6, 6.07) is 26.0. The molecule has 1 N–H and O–H groups in total. The second-order valence-electron chi connectivity index (χ2n) is 11.3. The molecule has 1 fully saturated rings. The van der Waals surface area contributed by atoms with Gasteiger partial charge in [-0.05, 0) is 72.5 Å². The van der Waals surface area contributed by atoms with E-state index >= 15 is 0 Å². The van der Waals surface area contributed by atoms with Crippen LogP contribution in [0.3, 0.4) is 0 Å². The zero-order valence-electron chi connectivity index (χ0n) is 25.0. The van der Waals surface area contributed by atoms with Crippen LogP contribution in [-0.2, 0) is 32.6 Å². The molecule has 4 aromatic carbocycles. The zero-order valence-corrected chi connectivity index (χ0v) is 27.3. The molecule has 1 aliphatic rings. The Kier molecular flexibility index (Phi) is 11.0. The lowest BCUT2D eigenvalue weighted by molar-refractivity contribution is -0.140. The van der Waals surface area contributed by atoms with Crippen LogP contribution in [0.15, 0.2) is 108 Å². The molecule has 0 heterocycles. The van der Waals surface area contributed by atoms with Gasteiger partial charge in [0.15, 0.2) is 0 Å². The highest BCUT2D eigenvalue weighted by molar-refractivity contribution is 7.92. The Morgan fingerprint density at radius 1 is 0.826 bits per heavy atom. The molecule has 7 nitrogen and oxygen atoms in total. The van der Waals surface area contributed by atoms with E-state index in [1.54, 1.807) is 48.5 Å². The molecule has 1 aliphatic carbocycles. The van der Waals surface area contributed by atoms with Crippen molar-refractivity contribution >= 4 is 50.7 Å². The molecule has 2 amide bonds. The summed E-state index contributed by atoms with van der Waals surface area (Å²) in [5.41, 5.74) is 1.69. The number of nitrogens with zero attached hydrogens (tertiary/aromatic N) is 2. The summed E-state index contributed by atoms with van der Waals surface area (Å²) in [6.07, 6.45) is 3.91. The minimum atomic E-state index is -4.33. The van der Waals surface area contributed by atoms with Crippen LogP contribution in [0.25, 0.3) is 0 Å².